The van der Waals surface area contributed by atoms with Crippen molar-refractivity contribution in [3.05, 3.63) is 53.2 Å². The number of hydrogen-bond donors (Lipinski definition) is 0. The second-order valence-corrected chi connectivity index (χ2v) is 5.29. The number of aryl methyl sites for hydroxylation is 1. The summed E-state index contributed by atoms with van der Waals surface area (Å²) in [6.07, 6.45) is 3.19. The molecule has 0 aliphatic heterocycles. The van der Waals surface area contributed by atoms with Crippen LogP contribution in [-0.2, 0) is 6.61 Å². The molecule has 7 nitrogen and oxygen atoms in total. The summed E-state index contributed by atoms with van der Waals surface area (Å²) in [5, 5.41) is 7.98. The van der Waals surface area contributed by atoms with E-state index in [-0.39, 0.29) is 17.4 Å². The van der Waals surface area contributed by atoms with Crippen LogP contribution in [0.4, 0.5) is 8.78 Å². The quantitative estimate of drug-likeness (QED) is 0.666. The average Bonchev–Trinajstić information content (AvgIpc) is 3.04. The number of alkyl halides is 2. The van der Waals surface area contributed by atoms with Gasteiger partial charge in [-0.2, -0.15) is 13.8 Å². The molecule has 0 aliphatic carbocycles. The molecule has 2 aromatic heterocycles. The van der Waals surface area contributed by atoms with E-state index in [4.69, 9.17) is 16.3 Å². The molecule has 0 spiro atoms. The van der Waals surface area contributed by atoms with E-state index in [1.165, 1.54) is 16.8 Å². The molecule has 0 radical (unpaired) electrons. The number of nitrogens with zero attached hydrogens (tertiary/aromatic N) is 5. The molecule has 0 atom stereocenters. The first-order chi connectivity index (χ1) is 12.0. The van der Waals surface area contributed by atoms with Gasteiger partial charge in [-0.3, -0.25) is 0 Å². The van der Waals surface area contributed by atoms with Crippen LogP contribution in [0, 0.1) is 6.92 Å². The molecule has 1 aromatic carbocycles. The summed E-state index contributed by atoms with van der Waals surface area (Å²) in [5.41, 5.74) is 0.999. The van der Waals surface area contributed by atoms with Crippen molar-refractivity contribution < 1.29 is 18.3 Å². The van der Waals surface area contributed by atoms with Gasteiger partial charge in [0.25, 0.3) is 0 Å². The monoisotopic (exact) mass is 367 g/mol. The molecule has 3 aromatic rings. The summed E-state index contributed by atoms with van der Waals surface area (Å²) < 4.78 is 36.0. The van der Waals surface area contributed by atoms with Crippen LogP contribution in [0.25, 0.3) is 5.69 Å². The summed E-state index contributed by atoms with van der Waals surface area (Å²) in [6, 6.07) is 6.02. The first kappa shape index (κ1) is 17.0. The van der Waals surface area contributed by atoms with Crippen LogP contribution in [-0.4, -0.2) is 31.6 Å². The predicted molar refractivity (Wildman–Crippen MR) is 84.1 cm³/mol. The molecular weight excluding hydrogens is 356 g/mol. The van der Waals surface area contributed by atoms with E-state index in [1.807, 2.05) is 0 Å². The maximum atomic E-state index is 12.4. The third-order valence-corrected chi connectivity index (χ3v) is 3.37. The van der Waals surface area contributed by atoms with Crippen LogP contribution in [0.3, 0.4) is 0 Å². The number of rotatable bonds is 6. The summed E-state index contributed by atoms with van der Waals surface area (Å²) in [7, 11) is 0. The van der Waals surface area contributed by atoms with Gasteiger partial charge in [0.05, 0.1) is 16.9 Å². The van der Waals surface area contributed by atoms with Crippen molar-refractivity contribution in [2.45, 2.75) is 20.1 Å². The molecular formula is C15H12ClF2N5O2. The predicted octanol–water partition coefficient (Wildman–Crippen LogP) is 3.20. The van der Waals surface area contributed by atoms with Crippen molar-refractivity contribution in [2.75, 3.05) is 0 Å². The van der Waals surface area contributed by atoms with Crippen LogP contribution in [0.2, 0.25) is 5.02 Å². The maximum absolute atomic E-state index is 12.4. The van der Waals surface area contributed by atoms with Crippen molar-refractivity contribution in [2.24, 2.45) is 0 Å². The highest BCUT2D eigenvalue weighted by Gasteiger charge is 2.11. The second-order valence-electron chi connectivity index (χ2n) is 4.88. The molecule has 0 aliphatic rings. The van der Waals surface area contributed by atoms with Gasteiger partial charge in [0.15, 0.2) is 0 Å². The minimum atomic E-state index is -2.97. The van der Waals surface area contributed by atoms with E-state index in [0.717, 1.165) is 0 Å². The Balaban J connectivity index is 1.73. The topological polar surface area (TPSA) is 75.0 Å². The zero-order chi connectivity index (χ0) is 17.8. The highest BCUT2D eigenvalue weighted by Crippen LogP contribution is 2.28. The normalized spacial score (nSPS) is 10.9. The number of ether oxygens (including phenoxy) is 2. The highest BCUT2D eigenvalue weighted by molar-refractivity contribution is 6.32. The molecule has 0 saturated carbocycles. The Morgan fingerprint density at radius 1 is 1.28 bits per heavy atom. The van der Waals surface area contributed by atoms with Gasteiger partial charge in [-0.05, 0) is 19.1 Å². The maximum Gasteiger partial charge on any atom is 0.387 e. The smallest absolute Gasteiger partial charge is 0.387 e. The molecule has 3 rings (SSSR count). The summed E-state index contributed by atoms with van der Waals surface area (Å²) in [5.74, 6) is 0.869. The zero-order valence-electron chi connectivity index (χ0n) is 12.9. The highest BCUT2D eigenvalue weighted by atomic mass is 35.5. The second kappa shape index (κ2) is 7.39. The number of halogens is 3. The van der Waals surface area contributed by atoms with Crippen molar-refractivity contribution in [3.63, 3.8) is 0 Å². The summed E-state index contributed by atoms with van der Waals surface area (Å²) >= 11 is 5.83. The van der Waals surface area contributed by atoms with E-state index in [0.29, 0.717) is 23.1 Å². The van der Waals surface area contributed by atoms with Crippen molar-refractivity contribution in [3.8, 4) is 17.3 Å². The van der Waals surface area contributed by atoms with Crippen LogP contribution in [0.1, 0.15) is 11.5 Å². The lowest BCUT2D eigenvalue weighted by molar-refractivity contribution is -0.0497. The standard InChI is InChI=1S/C15H12ClF2N5O2/c1-9-19-5-4-14(20-9)24-8-10-7-23(22-21-10)11-2-3-12(16)13(6-11)25-15(17)18/h2-7,15H,8H2,1H3. The molecule has 0 bridgehead atoms. The van der Waals surface area contributed by atoms with Gasteiger partial charge >= 0.3 is 6.61 Å². The van der Waals surface area contributed by atoms with E-state index < -0.39 is 6.61 Å². The molecule has 0 fully saturated rings. The molecule has 0 amide bonds. The molecule has 0 N–H and O–H groups in total. The zero-order valence-corrected chi connectivity index (χ0v) is 13.7. The molecule has 10 heteroatoms. The van der Waals surface area contributed by atoms with Gasteiger partial charge in [-0.15, -0.1) is 5.10 Å². The third-order valence-electron chi connectivity index (χ3n) is 3.05. The number of benzene rings is 1. The largest absolute Gasteiger partial charge is 0.471 e. The van der Waals surface area contributed by atoms with E-state index in [9.17, 15) is 8.78 Å². The van der Waals surface area contributed by atoms with E-state index in [2.05, 4.69) is 25.0 Å². The van der Waals surface area contributed by atoms with Crippen LogP contribution < -0.4 is 9.47 Å². The Hall–Kier alpha value is -2.81. The lowest BCUT2D eigenvalue weighted by Gasteiger charge is -2.08. The third kappa shape index (κ3) is 4.38. The Morgan fingerprint density at radius 3 is 2.88 bits per heavy atom. The SMILES string of the molecule is Cc1nccc(OCc2cn(-c3ccc(Cl)c(OC(F)F)c3)nn2)n1. The fraction of sp³-hybridized carbons (Fsp3) is 0.200. The number of aromatic nitrogens is 5. The van der Waals surface area contributed by atoms with Gasteiger partial charge in [-0.25, -0.2) is 9.67 Å². The molecule has 0 saturated heterocycles. The molecule has 25 heavy (non-hydrogen) atoms. The van der Waals surface area contributed by atoms with Crippen molar-refractivity contribution >= 4 is 11.6 Å². The Bertz CT molecular complexity index is 875. The first-order valence-electron chi connectivity index (χ1n) is 7.09. The minimum Gasteiger partial charge on any atom is -0.471 e. The Kier molecular flexibility index (Phi) is 5.03. The van der Waals surface area contributed by atoms with Crippen LogP contribution in [0.15, 0.2) is 36.7 Å². The van der Waals surface area contributed by atoms with Crippen molar-refractivity contribution in [1.29, 1.82) is 0 Å². The van der Waals surface area contributed by atoms with Gasteiger partial charge in [0.1, 0.15) is 23.9 Å². The van der Waals surface area contributed by atoms with E-state index >= 15 is 0 Å². The first-order valence-corrected chi connectivity index (χ1v) is 7.47. The fourth-order valence-electron chi connectivity index (χ4n) is 1.97. The van der Waals surface area contributed by atoms with Crippen molar-refractivity contribution in [1.82, 2.24) is 25.0 Å². The molecule has 0 unspecified atom stereocenters. The average molecular weight is 368 g/mol. The molecule has 130 valence electrons. The minimum absolute atomic E-state index is 0.0758. The van der Waals surface area contributed by atoms with Gasteiger partial charge in [-0.1, -0.05) is 16.8 Å². The fourth-order valence-corrected chi connectivity index (χ4v) is 2.14. The summed E-state index contributed by atoms with van der Waals surface area (Å²) in [6.45, 7) is -1.07. The Labute approximate surface area is 146 Å². The lowest BCUT2D eigenvalue weighted by Crippen LogP contribution is -2.03. The Morgan fingerprint density at radius 2 is 2.12 bits per heavy atom. The molecule has 2 heterocycles. The lowest BCUT2D eigenvalue weighted by atomic mass is 10.3. The van der Waals surface area contributed by atoms with Crippen LogP contribution >= 0.6 is 11.6 Å². The number of hydrogen-bond acceptors (Lipinski definition) is 6. The van der Waals surface area contributed by atoms with E-state index in [1.54, 1.807) is 31.5 Å². The van der Waals surface area contributed by atoms with Gasteiger partial charge < -0.3 is 9.47 Å². The van der Waals surface area contributed by atoms with Gasteiger partial charge in [0.2, 0.25) is 5.88 Å². The summed E-state index contributed by atoms with van der Waals surface area (Å²) in [4.78, 5) is 8.09. The van der Waals surface area contributed by atoms with Gasteiger partial charge in [0, 0.05) is 18.3 Å². The van der Waals surface area contributed by atoms with Crippen LogP contribution in [0.5, 0.6) is 11.6 Å².